The lowest BCUT2D eigenvalue weighted by Crippen LogP contribution is -2.52. The Labute approximate surface area is 146 Å². The molecule has 0 aromatic heterocycles. The van der Waals surface area contributed by atoms with Gasteiger partial charge in [-0.1, -0.05) is 57.0 Å². The van der Waals surface area contributed by atoms with Crippen LogP contribution in [-0.2, 0) is 16.0 Å². The van der Waals surface area contributed by atoms with Gasteiger partial charge in [0, 0.05) is 32.1 Å². The van der Waals surface area contributed by atoms with Gasteiger partial charge in [0.25, 0.3) is 0 Å². The van der Waals surface area contributed by atoms with Gasteiger partial charge in [0.05, 0.1) is 13.2 Å². The number of nitrogens with one attached hydrogen (secondary N) is 1. The number of benzene rings is 1. The number of amides is 1. The van der Waals surface area contributed by atoms with E-state index in [1.807, 2.05) is 18.2 Å². The predicted molar refractivity (Wildman–Crippen MR) is 98.0 cm³/mol. The van der Waals surface area contributed by atoms with Crippen LogP contribution in [0.1, 0.15) is 38.7 Å². The summed E-state index contributed by atoms with van der Waals surface area (Å²) < 4.78 is 5.48. The molecule has 2 rings (SSSR count). The molecule has 24 heavy (non-hydrogen) atoms. The largest absolute Gasteiger partial charge is 0.379 e. The summed E-state index contributed by atoms with van der Waals surface area (Å²) in [5.41, 5.74) is 1.22. The Kier molecular flexibility index (Phi) is 8.26. The molecule has 0 spiro atoms. The van der Waals surface area contributed by atoms with Crippen molar-refractivity contribution in [2.45, 2.75) is 45.6 Å². The third-order valence-electron chi connectivity index (χ3n) is 5.10. The lowest BCUT2D eigenvalue weighted by atomic mass is 9.92. The van der Waals surface area contributed by atoms with Crippen molar-refractivity contribution in [1.82, 2.24) is 10.2 Å². The van der Waals surface area contributed by atoms with Gasteiger partial charge in [-0.2, -0.15) is 0 Å². The molecule has 1 aliphatic rings. The van der Waals surface area contributed by atoms with E-state index < -0.39 is 0 Å². The highest BCUT2D eigenvalue weighted by Gasteiger charge is 2.27. The van der Waals surface area contributed by atoms with E-state index >= 15 is 0 Å². The van der Waals surface area contributed by atoms with Crippen LogP contribution >= 0.6 is 0 Å². The molecular weight excluding hydrogens is 300 g/mol. The average Bonchev–Trinajstić information content (AvgIpc) is 2.65. The van der Waals surface area contributed by atoms with E-state index in [0.29, 0.717) is 18.4 Å². The Morgan fingerprint density at radius 3 is 2.46 bits per heavy atom. The number of aryl methyl sites for hydroxylation is 1. The molecule has 1 N–H and O–H groups in total. The smallest absolute Gasteiger partial charge is 0.220 e. The van der Waals surface area contributed by atoms with Crippen LogP contribution in [0.25, 0.3) is 0 Å². The molecule has 1 aliphatic heterocycles. The number of hydrogen-bond donors (Lipinski definition) is 1. The Morgan fingerprint density at radius 2 is 1.83 bits per heavy atom. The third kappa shape index (κ3) is 5.91. The molecule has 1 heterocycles. The second-order valence-electron chi connectivity index (χ2n) is 6.58. The van der Waals surface area contributed by atoms with Gasteiger partial charge >= 0.3 is 0 Å². The van der Waals surface area contributed by atoms with Crippen molar-refractivity contribution in [2.24, 2.45) is 5.92 Å². The summed E-state index contributed by atoms with van der Waals surface area (Å²) in [7, 11) is 0. The van der Waals surface area contributed by atoms with Gasteiger partial charge in [-0.25, -0.2) is 0 Å². The van der Waals surface area contributed by atoms with Crippen molar-refractivity contribution in [2.75, 3.05) is 32.8 Å². The van der Waals surface area contributed by atoms with Crippen molar-refractivity contribution >= 4 is 5.91 Å². The molecule has 0 aliphatic carbocycles. The minimum absolute atomic E-state index is 0.156. The molecule has 4 heteroatoms. The van der Waals surface area contributed by atoms with E-state index in [4.69, 9.17) is 4.74 Å². The maximum atomic E-state index is 12.2. The molecular formula is C20H32N2O2. The summed E-state index contributed by atoms with van der Waals surface area (Å²) in [5.74, 6) is 0.778. The minimum atomic E-state index is 0.156. The number of carbonyl (C=O) groups is 1. The topological polar surface area (TPSA) is 41.6 Å². The first kappa shape index (κ1) is 18.9. The second kappa shape index (κ2) is 10.5. The fourth-order valence-corrected chi connectivity index (χ4v) is 3.55. The summed E-state index contributed by atoms with van der Waals surface area (Å²) in [6, 6.07) is 10.6. The quantitative estimate of drug-likeness (QED) is 0.756. The Balaban J connectivity index is 1.83. The molecule has 1 amide bonds. The van der Waals surface area contributed by atoms with E-state index in [9.17, 15) is 4.79 Å². The monoisotopic (exact) mass is 332 g/mol. The first-order valence-corrected chi connectivity index (χ1v) is 9.37. The van der Waals surface area contributed by atoms with Gasteiger partial charge < -0.3 is 10.1 Å². The van der Waals surface area contributed by atoms with Gasteiger partial charge in [0.15, 0.2) is 0 Å². The number of ether oxygens (including phenoxy) is 1. The van der Waals surface area contributed by atoms with Gasteiger partial charge in [0.1, 0.15) is 0 Å². The van der Waals surface area contributed by atoms with E-state index in [1.165, 1.54) is 5.56 Å². The van der Waals surface area contributed by atoms with E-state index in [0.717, 1.165) is 52.1 Å². The molecule has 4 nitrogen and oxygen atoms in total. The van der Waals surface area contributed by atoms with Crippen LogP contribution in [0.5, 0.6) is 0 Å². The normalized spacial score (nSPS) is 17.0. The summed E-state index contributed by atoms with van der Waals surface area (Å²) >= 11 is 0. The predicted octanol–water partition coefficient (Wildman–Crippen LogP) is 2.87. The van der Waals surface area contributed by atoms with E-state index in [1.54, 1.807) is 0 Å². The highest BCUT2D eigenvalue weighted by Crippen LogP contribution is 2.19. The second-order valence-corrected chi connectivity index (χ2v) is 6.58. The van der Waals surface area contributed by atoms with E-state index in [-0.39, 0.29) is 5.91 Å². The van der Waals surface area contributed by atoms with Crippen LogP contribution in [0.3, 0.4) is 0 Å². The maximum absolute atomic E-state index is 12.2. The SMILES string of the molecule is CCC(CC)C(CNC(=O)CCc1ccccc1)N1CCOCC1. The zero-order chi connectivity index (χ0) is 17.2. The Bertz CT molecular complexity index is 468. The molecule has 0 saturated carbocycles. The van der Waals surface area contributed by atoms with Gasteiger partial charge in [-0.05, 0) is 17.9 Å². The highest BCUT2D eigenvalue weighted by atomic mass is 16.5. The molecule has 1 aromatic carbocycles. The van der Waals surface area contributed by atoms with E-state index in [2.05, 4.69) is 36.2 Å². The van der Waals surface area contributed by atoms with Crippen molar-refractivity contribution in [3.63, 3.8) is 0 Å². The number of morpholine rings is 1. The fraction of sp³-hybridized carbons (Fsp3) is 0.650. The lowest BCUT2D eigenvalue weighted by Gasteiger charge is -2.38. The first-order valence-electron chi connectivity index (χ1n) is 9.37. The van der Waals surface area contributed by atoms with Crippen LogP contribution in [0.15, 0.2) is 30.3 Å². The van der Waals surface area contributed by atoms with Gasteiger partial charge in [-0.15, -0.1) is 0 Å². The van der Waals surface area contributed by atoms with Crippen LogP contribution in [0.4, 0.5) is 0 Å². The van der Waals surface area contributed by atoms with Crippen molar-refractivity contribution in [1.29, 1.82) is 0 Å². The maximum Gasteiger partial charge on any atom is 0.220 e. The molecule has 1 fully saturated rings. The fourth-order valence-electron chi connectivity index (χ4n) is 3.55. The molecule has 0 bridgehead atoms. The molecule has 0 radical (unpaired) electrons. The Hall–Kier alpha value is -1.39. The van der Waals surface area contributed by atoms with Crippen LogP contribution in [0, 0.1) is 5.92 Å². The summed E-state index contributed by atoms with van der Waals surface area (Å²) in [5, 5.41) is 3.18. The Morgan fingerprint density at radius 1 is 1.17 bits per heavy atom. The molecule has 1 aromatic rings. The number of carbonyl (C=O) groups excluding carboxylic acids is 1. The average molecular weight is 332 g/mol. The lowest BCUT2D eigenvalue weighted by molar-refractivity contribution is -0.121. The summed E-state index contributed by atoms with van der Waals surface area (Å²) in [6.07, 6.45) is 3.67. The number of rotatable bonds is 9. The number of nitrogens with zero attached hydrogens (tertiary/aromatic N) is 1. The zero-order valence-corrected chi connectivity index (χ0v) is 15.2. The molecule has 1 atom stereocenters. The standard InChI is InChI=1S/C20H32N2O2/c1-3-18(4-2)19(22-12-14-24-15-13-22)16-21-20(23)11-10-17-8-6-5-7-9-17/h5-9,18-19H,3-4,10-16H2,1-2H3,(H,21,23). The van der Waals surface area contributed by atoms with Crippen molar-refractivity contribution in [3.8, 4) is 0 Å². The van der Waals surface area contributed by atoms with Crippen molar-refractivity contribution < 1.29 is 9.53 Å². The van der Waals surface area contributed by atoms with Crippen molar-refractivity contribution in [3.05, 3.63) is 35.9 Å². The third-order valence-corrected chi connectivity index (χ3v) is 5.10. The zero-order valence-electron chi connectivity index (χ0n) is 15.2. The highest BCUT2D eigenvalue weighted by molar-refractivity contribution is 5.76. The summed E-state index contributed by atoms with van der Waals surface area (Å²) in [6.45, 7) is 8.80. The van der Waals surface area contributed by atoms with Gasteiger partial charge in [-0.3, -0.25) is 9.69 Å². The summed E-state index contributed by atoms with van der Waals surface area (Å²) in [4.78, 5) is 14.7. The van der Waals surface area contributed by atoms with Crippen LogP contribution in [0.2, 0.25) is 0 Å². The minimum Gasteiger partial charge on any atom is -0.379 e. The molecule has 1 saturated heterocycles. The first-order chi connectivity index (χ1) is 11.7. The van der Waals surface area contributed by atoms with Gasteiger partial charge in [0.2, 0.25) is 5.91 Å². The van der Waals surface area contributed by atoms with Crippen LogP contribution in [-0.4, -0.2) is 49.7 Å². The van der Waals surface area contributed by atoms with Crippen LogP contribution < -0.4 is 5.32 Å². The molecule has 1 unspecified atom stereocenters. The molecule has 134 valence electrons. The number of hydrogen-bond acceptors (Lipinski definition) is 3.